The highest BCUT2D eigenvalue weighted by atomic mass is 16.5. The van der Waals surface area contributed by atoms with E-state index in [1.807, 2.05) is 24.3 Å². The first kappa shape index (κ1) is 18.4. The van der Waals surface area contributed by atoms with Crippen molar-refractivity contribution in [1.82, 2.24) is 4.90 Å². The normalized spacial score (nSPS) is 17.9. The van der Waals surface area contributed by atoms with Crippen LogP contribution >= 0.6 is 0 Å². The number of amides is 2. The molecule has 0 aliphatic carbocycles. The Morgan fingerprint density at radius 2 is 1.77 bits per heavy atom. The molecule has 2 heterocycles. The van der Waals surface area contributed by atoms with Gasteiger partial charge in [0.15, 0.2) is 6.61 Å². The molecular weight excluding hydrogens is 332 g/mol. The van der Waals surface area contributed by atoms with Crippen LogP contribution < -0.4 is 4.90 Å². The summed E-state index contributed by atoms with van der Waals surface area (Å²) in [5.74, 6) is -0.736. The molecule has 26 heavy (non-hydrogen) atoms. The maximum absolute atomic E-state index is 12.5. The van der Waals surface area contributed by atoms with Crippen LogP contribution in [0.3, 0.4) is 0 Å². The molecule has 0 radical (unpaired) electrons. The molecule has 1 fully saturated rings. The number of para-hydroxylation sites is 1. The standard InChI is InChI=1S/C20H26N2O4/c23-18-11-3-1-2-6-12-21(18)14-20(25)26-15-19(24)22-13-7-9-16-8-4-5-10-17(16)22/h4-5,8,10H,1-3,6-7,9,11-15H2. The number of nitrogens with zero attached hydrogens (tertiary/aromatic N) is 2. The van der Waals surface area contributed by atoms with Gasteiger partial charge in [-0.15, -0.1) is 0 Å². The quantitative estimate of drug-likeness (QED) is 0.775. The summed E-state index contributed by atoms with van der Waals surface area (Å²) in [5.41, 5.74) is 2.04. The van der Waals surface area contributed by atoms with Crippen molar-refractivity contribution >= 4 is 23.5 Å². The van der Waals surface area contributed by atoms with Crippen molar-refractivity contribution in [2.75, 3.05) is 31.1 Å². The third-order valence-corrected chi connectivity index (χ3v) is 5.01. The van der Waals surface area contributed by atoms with E-state index >= 15 is 0 Å². The number of hydrogen-bond donors (Lipinski definition) is 0. The Morgan fingerprint density at radius 1 is 0.962 bits per heavy atom. The van der Waals surface area contributed by atoms with Gasteiger partial charge < -0.3 is 14.5 Å². The topological polar surface area (TPSA) is 66.9 Å². The first-order valence-electron chi connectivity index (χ1n) is 9.47. The minimum atomic E-state index is -0.516. The van der Waals surface area contributed by atoms with Gasteiger partial charge in [-0.05, 0) is 37.3 Å². The lowest BCUT2D eigenvalue weighted by atomic mass is 10.0. The molecule has 0 saturated carbocycles. The van der Waals surface area contributed by atoms with Gasteiger partial charge >= 0.3 is 5.97 Å². The number of rotatable bonds is 4. The van der Waals surface area contributed by atoms with Gasteiger partial charge in [0.2, 0.25) is 5.91 Å². The van der Waals surface area contributed by atoms with Crippen LogP contribution in [-0.4, -0.2) is 48.9 Å². The number of aryl methyl sites for hydroxylation is 1. The van der Waals surface area contributed by atoms with Gasteiger partial charge in [0.1, 0.15) is 6.54 Å². The second-order valence-electron chi connectivity index (χ2n) is 6.92. The molecule has 0 unspecified atom stereocenters. The Balaban J connectivity index is 1.51. The second-order valence-corrected chi connectivity index (χ2v) is 6.92. The van der Waals surface area contributed by atoms with Crippen molar-refractivity contribution in [1.29, 1.82) is 0 Å². The Morgan fingerprint density at radius 3 is 2.65 bits per heavy atom. The number of likely N-dealkylation sites (tertiary alicyclic amines) is 1. The Bertz CT molecular complexity index is 674. The molecule has 0 N–H and O–H groups in total. The van der Waals surface area contributed by atoms with Crippen LogP contribution in [0.2, 0.25) is 0 Å². The summed E-state index contributed by atoms with van der Waals surface area (Å²) in [6.45, 7) is 0.872. The van der Waals surface area contributed by atoms with E-state index in [1.54, 1.807) is 9.80 Å². The molecule has 3 rings (SSSR count). The van der Waals surface area contributed by atoms with Gasteiger partial charge in [0.25, 0.3) is 5.91 Å². The molecule has 2 aliphatic heterocycles. The average molecular weight is 358 g/mol. The van der Waals surface area contributed by atoms with Gasteiger partial charge in [-0.25, -0.2) is 0 Å². The number of esters is 1. The third-order valence-electron chi connectivity index (χ3n) is 5.01. The Kier molecular flexibility index (Phi) is 6.26. The minimum absolute atomic E-state index is 0.00191. The Labute approximate surface area is 154 Å². The van der Waals surface area contributed by atoms with E-state index in [4.69, 9.17) is 4.74 Å². The maximum Gasteiger partial charge on any atom is 0.326 e. The Hall–Kier alpha value is -2.37. The van der Waals surface area contributed by atoms with Crippen LogP contribution in [0, 0.1) is 0 Å². The van der Waals surface area contributed by atoms with Crippen LogP contribution in [0.5, 0.6) is 0 Å². The molecule has 1 aromatic carbocycles. The lowest BCUT2D eigenvalue weighted by Gasteiger charge is -2.29. The number of fused-ring (bicyclic) bond motifs is 1. The van der Waals surface area contributed by atoms with Crippen molar-refractivity contribution < 1.29 is 19.1 Å². The molecular formula is C20H26N2O4. The predicted octanol–water partition coefficient (Wildman–Crippen LogP) is 2.30. The van der Waals surface area contributed by atoms with E-state index in [1.165, 1.54) is 0 Å². The lowest BCUT2D eigenvalue weighted by Crippen LogP contribution is -2.41. The summed E-state index contributed by atoms with van der Waals surface area (Å²) in [6.07, 6.45) is 6.26. The van der Waals surface area contributed by atoms with E-state index in [0.29, 0.717) is 19.5 Å². The van der Waals surface area contributed by atoms with Crippen molar-refractivity contribution in [3.8, 4) is 0 Å². The van der Waals surface area contributed by atoms with Crippen molar-refractivity contribution in [3.05, 3.63) is 29.8 Å². The molecule has 0 bridgehead atoms. The molecule has 0 spiro atoms. The van der Waals surface area contributed by atoms with Gasteiger partial charge in [-0.1, -0.05) is 31.0 Å². The molecule has 2 aliphatic rings. The molecule has 1 aromatic rings. The van der Waals surface area contributed by atoms with E-state index in [2.05, 4.69) is 0 Å². The largest absolute Gasteiger partial charge is 0.454 e. The van der Waals surface area contributed by atoms with Crippen LogP contribution in [0.1, 0.15) is 44.1 Å². The average Bonchev–Trinajstić information content (AvgIpc) is 2.65. The van der Waals surface area contributed by atoms with E-state index < -0.39 is 5.97 Å². The van der Waals surface area contributed by atoms with E-state index in [0.717, 1.165) is 49.8 Å². The summed E-state index contributed by atoms with van der Waals surface area (Å²) in [4.78, 5) is 39.9. The first-order chi connectivity index (χ1) is 12.6. The van der Waals surface area contributed by atoms with Crippen LogP contribution in [0.4, 0.5) is 5.69 Å². The highest BCUT2D eigenvalue weighted by Gasteiger charge is 2.24. The predicted molar refractivity (Wildman–Crippen MR) is 97.7 cm³/mol. The maximum atomic E-state index is 12.5. The monoisotopic (exact) mass is 358 g/mol. The summed E-state index contributed by atoms with van der Waals surface area (Å²) in [7, 11) is 0. The van der Waals surface area contributed by atoms with Crippen molar-refractivity contribution in [3.63, 3.8) is 0 Å². The molecule has 140 valence electrons. The molecule has 6 heteroatoms. The number of ether oxygens (including phenoxy) is 1. The lowest BCUT2D eigenvalue weighted by molar-refractivity contribution is -0.152. The van der Waals surface area contributed by atoms with Crippen molar-refractivity contribution in [2.45, 2.75) is 44.9 Å². The molecule has 6 nitrogen and oxygen atoms in total. The van der Waals surface area contributed by atoms with Crippen LogP contribution in [0.25, 0.3) is 0 Å². The number of anilines is 1. The zero-order valence-corrected chi connectivity index (χ0v) is 15.1. The smallest absolute Gasteiger partial charge is 0.326 e. The number of benzene rings is 1. The molecule has 0 aromatic heterocycles. The van der Waals surface area contributed by atoms with Gasteiger partial charge in [0.05, 0.1) is 0 Å². The van der Waals surface area contributed by atoms with Crippen LogP contribution in [0.15, 0.2) is 24.3 Å². The fraction of sp³-hybridized carbons (Fsp3) is 0.550. The highest BCUT2D eigenvalue weighted by Crippen LogP contribution is 2.26. The van der Waals surface area contributed by atoms with Crippen LogP contribution in [-0.2, 0) is 25.5 Å². The number of carbonyl (C=O) groups is 3. The minimum Gasteiger partial charge on any atom is -0.454 e. The number of carbonyl (C=O) groups excluding carboxylic acids is 3. The van der Waals surface area contributed by atoms with Gasteiger partial charge in [0, 0.05) is 25.2 Å². The van der Waals surface area contributed by atoms with E-state index in [-0.39, 0.29) is 25.0 Å². The highest BCUT2D eigenvalue weighted by molar-refractivity contribution is 5.96. The summed E-state index contributed by atoms with van der Waals surface area (Å²) in [5, 5.41) is 0. The summed E-state index contributed by atoms with van der Waals surface area (Å²) < 4.78 is 5.17. The summed E-state index contributed by atoms with van der Waals surface area (Å²) >= 11 is 0. The zero-order valence-electron chi connectivity index (χ0n) is 15.1. The number of hydrogen-bond acceptors (Lipinski definition) is 4. The zero-order chi connectivity index (χ0) is 18.4. The first-order valence-corrected chi connectivity index (χ1v) is 9.47. The fourth-order valence-electron chi connectivity index (χ4n) is 3.60. The summed E-state index contributed by atoms with van der Waals surface area (Å²) in [6, 6.07) is 7.82. The van der Waals surface area contributed by atoms with Gasteiger partial charge in [-0.3, -0.25) is 14.4 Å². The van der Waals surface area contributed by atoms with Crippen molar-refractivity contribution in [2.24, 2.45) is 0 Å². The molecule has 2 amide bonds. The third kappa shape index (κ3) is 4.62. The fourth-order valence-corrected chi connectivity index (χ4v) is 3.60. The molecule has 0 atom stereocenters. The SMILES string of the molecule is O=C(CN1CCCCCCC1=O)OCC(=O)N1CCCc2ccccc21. The molecule has 1 saturated heterocycles. The van der Waals surface area contributed by atoms with Gasteiger partial charge in [-0.2, -0.15) is 0 Å². The second kappa shape index (κ2) is 8.83. The van der Waals surface area contributed by atoms with E-state index in [9.17, 15) is 14.4 Å².